The first-order valence-corrected chi connectivity index (χ1v) is 8.01. The number of thiocarbonyl (C=S) groups is 1. The van der Waals surface area contributed by atoms with Gasteiger partial charge in [0, 0.05) is 13.7 Å². The number of ether oxygens (including phenoxy) is 2. The third kappa shape index (κ3) is 6.76. The van der Waals surface area contributed by atoms with Gasteiger partial charge < -0.3 is 14.8 Å². The number of rotatable bonds is 8. The Kier molecular flexibility index (Phi) is 7.73. The van der Waals surface area contributed by atoms with Crippen LogP contribution in [0, 0.1) is 0 Å². The second kappa shape index (κ2) is 10.4. The van der Waals surface area contributed by atoms with Crippen molar-refractivity contribution in [3.63, 3.8) is 0 Å². The Balaban J connectivity index is 1.81. The van der Waals surface area contributed by atoms with Gasteiger partial charge in [0.2, 0.25) is 0 Å². The predicted molar refractivity (Wildman–Crippen MR) is 100 cm³/mol. The highest BCUT2D eigenvalue weighted by atomic mass is 32.1. The molecule has 5 nitrogen and oxygen atoms in total. The lowest BCUT2D eigenvalue weighted by molar-refractivity contribution is 0.204. The lowest BCUT2D eigenvalue weighted by Gasteiger charge is -2.07. The number of hydrazone groups is 1. The summed E-state index contributed by atoms with van der Waals surface area (Å²) in [5.41, 5.74) is 4.81. The van der Waals surface area contributed by atoms with E-state index in [4.69, 9.17) is 21.7 Å². The van der Waals surface area contributed by atoms with Crippen LogP contribution in [-0.4, -0.2) is 31.6 Å². The Morgan fingerprint density at radius 2 is 2.00 bits per heavy atom. The molecule has 0 amide bonds. The van der Waals surface area contributed by atoms with Gasteiger partial charge in [0.05, 0.1) is 12.8 Å². The summed E-state index contributed by atoms with van der Waals surface area (Å²) in [5, 5.41) is 7.54. The molecule has 2 rings (SSSR count). The topological polar surface area (TPSA) is 54.9 Å². The molecule has 0 fully saturated rings. The van der Waals surface area contributed by atoms with Crippen LogP contribution in [-0.2, 0) is 11.3 Å². The third-order valence-corrected chi connectivity index (χ3v) is 3.31. The van der Waals surface area contributed by atoms with Crippen LogP contribution >= 0.6 is 12.2 Å². The fourth-order valence-corrected chi connectivity index (χ4v) is 2.05. The molecule has 2 N–H and O–H groups in total. The molecule has 0 aliphatic heterocycles. The molecular weight excluding hydrogens is 322 g/mol. The van der Waals surface area contributed by atoms with Crippen LogP contribution in [0.2, 0.25) is 0 Å². The summed E-state index contributed by atoms with van der Waals surface area (Å²) in [4.78, 5) is 0. The molecule has 0 aromatic heterocycles. The normalized spacial score (nSPS) is 10.5. The van der Waals surface area contributed by atoms with Gasteiger partial charge in [0.15, 0.2) is 5.11 Å². The molecule has 6 heteroatoms. The summed E-state index contributed by atoms with van der Waals surface area (Å²) >= 11 is 5.09. The van der Waals surface area contributed by atoms with Gasteiger partial charge in [-0.15, -0.1) is 0 Å². The largest absolute Gasteiger partial charge is 0.489 e. The van der Waals surface area contributed by atoms with Gasteiger partial charge >= 0.3 is 0 Å². The average Bonchev–Trinajstić information content (AvgIpc) is 2.61. The maximum absolute atomic E-state index is 5.79. The highest BCUT2D eigenvalue weighted by molar-refractivity contribution is 7.80. The standard InChI is InChI=1S/C18H21N3O2S/c1-22-11-10-19-18(24)21-20-13-16-8-5-9-17(12-16)23-14-15-6-3-2-4-7-15/h2-9,12-13H,10-11,14H2,1H3,(H2,19,21,24). The van der Waals surface area contributed by atoms with Gasteiger partial charge in [-0.3, -0.25) is 5.43 Å². The molecule has 0 spiro atoms. The molecule has 2 aromatic rings. The van der Waals surface area contributed by atoms with Crippen LogP contribution in [0.4, 0.5) is 0 Å². The Morgan fingerprint density at radius 3 is 2.79 bits per heavy atom. The zero-order valence-corrected chi connectivity index (χ0v) is 14.4. The first-order chi connectivity index (χ1) is 11.8. The molecule has 0 aliphatic carbocycles. The highest BCUT2D eigenvalue weighted by Crippen LogP contribution is 2.14. The molecular formula is C18H21N3O2S. The van der Waals surface area contributed by atoms with Crippen LogP contribution in [0.3, 0.4) is 0 Å². The number of benzene rings is 2. The number of hydrogen-bond acceptors (Lipinski definition) is 4. The minimum Gasteiger partial charge on any atom is -0.489 e. The summed E-state index contributed by atoms with van der Waals surface area (Å²) in [7, 11) is 1.64. The minimum atomic E-state index is 0.458. The summed E-state index contributed by atoms with van der Waals surface area (Å²) in [6.45, 7) is 1.76. The predicted octanol–water partition coefficient (Wildman–Crippen LogP) is 2.71. The van der Waals surface area contributed by atoms with E-state index < -0.39 is 0 Å². The van der Waals surface area contributed by atoms with Crippen molar-refractivity contribution in [2.45, 2.75) is 6.61 Å². The van der Waals surface area contributed by atoms with Crippen LogP contribution in [0.1, 0.15) is 11.1 Å². The average molecular weight is 343 g/mol. The fourth-order valence-electron chi connectivity index (χ4n) is 1.90. The Labute approximate surface area is 147 Å². The zero-order valence-electron chi connectivity index (χ0n) is 13.6. The minimum absolute atomic E-state index is 0.458. The first-order valence-electron chi connectivity index (χ1n) is 7.60. The molecule has 0 saturated heterocycles. The Bertz CT molecular complexity index is 662. The molecule has 126 valence electrons. The SMILES string of the molecule is COCCNC(=S)NN=Cc1cccc(OCc2ccccc2)c1. The summed E-state index contributed by atoms with van der Waals surface area (Å²) < 4.78 is 10.7. The molecule has 24 heavy (non-hydrogen) atoms. The maximum Gasteiger partial charge on any atom is 0.187 e. The van der Waals surface area contributed by atoms with Crippen LogP contribution in [0.5, 0.6) is 5.75 Å². The summed E-state index contributed by atoms with van der Waals surface area (Å²) in [6.07, 6.45) is 1.69. The van der Waals surface area contributed by atoms with Gasteiger partial charge in [-0.1, -0.05) is 42.5 Å². The molecule has 0 radical (unpaired) electrons. The second-order valence-corrected chi connectivity index (χ2v) is 5.37. The Morgan fingerprint density at radius 1 is 1.17 bits per heavy atom. The second-order valence-electron chi connectivity index (χ2n) is 4.97. The van der Waals surface area contributed by atoms with E-state index in [1.165, 1.54) is 0 Å². The molecule has 0 atom stereocenters. The first kappa shape index (κ1) is 17.9. The van der Waals surface area contributed by atoms with Crippen molar-refractivity contribution in [2.75, 3.05) is 20.3 Å². The molecule has 0 bridgehead atoms. The van der Waals surface area contributed by atoms with Crippen molar-refractivity contribution in [3.05, 3.63) is 65.7 Å². The van der Waals surface area contributed by atoms with E-state index in [9.17, 15) is 0 Å². The van der Waals surface area contributed by atoms with E-state index in [1.807, 2.05) is 54.6 Å². The van der Waals surface area contributed by atoms with Gasteiger partial charge in [-0.25, -0.2) is 0 Å². The van der Waals surface area contributed by atoms with Gasteiger partial charge in [-0.05, 0) is 35.5 Å². The van der Waals surface area contributed by atoms with Crippen molar-refractivity contribution in [1.29, 1.82) is 0 Å². The number of nitrogens with one attached hydrogen (secondary N) is 2. The lowest BCUT2D eigenvalue weighted by atomic mass is 10.2. The van der Waals surface area contributed by atoms with E-state index in [0.29, 0.717) is 24.9 Å². The molecule has 2 aromatic carbocycles. The van der Waals surface area contributed by atoms with Gasteiger partial charge in [-0.2, -0.15) is 5.10 Å². The number of hydrogen-bond donors (Lipinski definition) is 2. The maximum atomic E-state index is 5.79. The molecule has 0 heterocycles. The van der Waals surface area contributed by atoms with Crippen LogP contribution < -0.4 is 15.5 Å². The number of methoxy groups -OCH3 is 1. The van der Waals surface area contributed by atoms with E-state index in [2.05, 4.69) is 15.8 Å². The van der Waals surface area contributed by atoms with Crippen molar-refractivity contribution in [3.8, 4) is 5.75 Å². The van der Waals surface area contributed by atoms with Gasteiger partial charge in [0.25, 0.3) is 0 Å². The molecule has 0 saturated carbocycles. The summed E-state index contributed by atoms with van der Waals surface area (Å²) in [6, 6.07) is 17.8. The third-order valence-electron chi connectivity index (χ3n) is 3.08. The monoisotopic (exact) mass is 343 g/mol. The van der Waals surface area contributed by atoms with Crippen molar-refractivity contribution >= 4 is 23.5 Å². The smallest absolute Gasteiger partial charge is 0.187 e. The van der Waals surface area contributed by atoms with E-state index in [-0.39, 0.29) is 0 Å². The van der Waals surface area contributed by atoms with Crippen molar-refractivity contribution in [1.82, 2.24) is 10.7 Å². The summed E-state index contributed by atoms with van der Waals surface area (Å²) in [5.74, 6) is 0.795. The van der Waals surface area contributed by atoms with E-state index in [1.54, 1.807) is 13.3 Å². The fraction of sp³-hybridized carbons (Fsp3) is 0.222. The quantitative estimate of drug-likeness (QED) is 0.334. The van der Waals surface area contributed by atoms with Crippen LogP contribution in [0.25, 0.3) is 0 Å². The lowest BCUT2D eigenvalue weighted by Crippen LogP contribution is -2.34. The van der Waals surface area contributed by atoms with Crippen LogP contribution in [0.15, 0.2) is 59.7 Å². The van der Waals surface area contributed by atoms with E-state index in [0.717, 1.165) is 16.9 Å². The molecule has 0 unspecified atom stereocenters. The van der Waals surface area contributed by atoms with Crippen molar-refractivity contribution in [2.24, 2.45) is 5.10 Å². The van der Waals surface area contributed by atoms with E-state index >= 15 is 0 Å². The molecule has 0 aliphatic rings. The zero-order chi connectivity index (χ0) is 17.0. The van der Waals surface area contributed by atoms with Gasteiger partial charge in [0.1, 0.15) is 12.4 Å². The Hall–Kier alpha value is -2.44. The highest BCUT2D eigenvalue weighted by Gasteiger charge is 1.97. The van der Waals surface area contributed by atoms with Crippen molar-refractivity contribution < 1.29 is 9.47 Å². The number of nitrogens with zero attached hydrogens (tertiary/aromatic N) is 1.